The maximum absolute atomic E-state index is 13.1. The lowest BCUT2D eigenvalue weighted by atomic mass is 9.95. The fourth-order valence-electron chi connectivity index (χ4n) is 3.48. The number of aromatic amines is 1. The minimum absolute atomic E-state index is 0.0839. The monoisotopic (exact) mass is 454 g/mol. The van der Waals surface area contributed by atoms with Crippen LogP contribution in [0, 0.1) is 0 Å². The van der Waals surface area contributed by atoms with Crippen molar-refractivity contribution in [2.24, 2.45) is 0 Å². The first-order valence-electron chi connectivity index (χ1n) is 10.0. The van der Waals surface area contributed by atoms with E-state index < -0.39 is 0 Å². The van der Waals surface area contributed by atoms with Crippen LogP contribution in [0.5, 0.6) is 0 Å². The van der Waals surface area contributed by atoms with Crippen LogP contribution >= 0.6 is 23.1 Å². The zero-order valence-electron chi connectivity index (χ0n) is 16.8. The van der Waals surface area contributed by atoms with Crippen molar-refractivity contribution < 1.29 is 9.59 Å². The third-order valence-electron chi connectivity index (χ3n) is 4.94. The summed E-state index contributed by atoms with van der Waals surface area (Å²) < 4.78 is 0. The average Bonchev–Trinajstić information content (AvgIpc) is 3.14. The van der Waals surface area contributed by atoms with Crippen LogP contribution in [0.25, 0.3) is 0 Å². The zero-order chi connectivity index (χ0) is 21.6. The summed E-state index contributed by atoms with van der Waals surface area (Å²) in [4.78, 5) is 44.8. The molecule has 0 saturated heterocycles. The van der Waals surface area contributed by atoms with Crippen molar-refractivity contribution >= 4 is 39.9 Å². The van der Waals surface area contributed by atoms with E-state index in [2.05, 4.69) is 20.6 Å². The number of aromatic nitrogens is 2. The molecule has 3 aromatic rings. The summed E-state index contributed by atoms with van der Waals surface area (Å²) in [6.45, 7) is 0.431. The molecule has 2 aromatic heterocycles. The first-order chi connectivity index (χ1) is 15.1. The fourth-order valence-corrected chi connectivity index (χ4v) is 5.43. The summed E-state index contributed by atoms with van der Waals surface area (Å²) in [5.74, 6) is -0.326. The normalized spacial score (nSPS) is 12.8. The SMILES string of the molecule is O=C(CSc1nccc(=O)[nH]1)Nc1sc2c(c1C(=O)NCc1ccccc1)CCCC2. The lowest BCUT2D eigenvalue weighted by Crippen LogP contribution is -2.25. The number of fused-ring (bicyclic) bond motifs is 1. The van der Waals surface area contributed by atoms with Gasteiger partial charge in [0.2, 0.25) is 5.91 Å². The number of H-pyrrole nitrogens is 1. The van der Waals surface area contributed by atoms with E-state index in [1.165, 1.54) is 28.5 Å². The van der Waals surface area contributed by atoms with Gasteiger partial charge in [-0.15, -0.1) is 11.3 Å². The smallest absolute Gasteiger partial charge is 0.254 e. The average molecular weight is 455 g/mol. The van der Waals surface area contributed by atoms with Crippen molar-refractivity contribution in [3.8, 4) is 0 Å². The number of aryl methyl sites for hydroxylation is 1. The summed E-state index contributed by atoms with van der Waals surface area (Å²) in [6.07, 6.45) is 5.31. The molecule has 2 heterocycles. The van der Waals surface area contributed by atoms with Crippen molar-refractivity contribution in [1.82, 2.24) is 15.3 Å². The molecule has 0 radical (unpaired) electrons. The molecule has 7 nitrogen and oxygen atoms in total. The van der Waals surface area contributed by atoms with Gasteiger partial charge >= 0.3 is 0 Å². The van der Waals surface area contributed by atoms with E-state index in [1.54, 1.807) is 0 Å². The Morgan fingerprint density at radius 3 is 2.74 bits per heavy atom. The quantitative estimate of drug-likeness (QED) is 0.375. The van der Waals surface area contributed by atoms with Crippen LogP contribution in [0.15, 0.2) is 52.5 Å². The van der Waals surface area contributed by atoms with Crippen molar-refractivity contribution in [2.75, 3.05) is 11.1 Å². The van der Waals surface area contributed by atoms with Gasteiger partial charge in [0.15, 0.2) is 5.16 Å². The van der Waals surface area contributed by atoms with E-state index in [-0.39, 0.29) is 23.1 Å². The van der Waals surface area contributed by atoms with Gasteiger partial charge in [0.05, 0.1) is 11.3 Å². The van der Waals surface area contributed by atoms with E-state index in [1.807, 2.05) is 30.3 Å². The Labute approximate surface area is 187 Å². The Morgan fingerprint density at radius 1 is 1.13 bits per heavy atom. The minimum atomic E-state index is -0.263. The highest BCUT2D eigenvalue weighted by Crippen LogP contribution is 2.38. The van der Waals surface area contributed by atoms with Gasteiger partial charge in [-0.25, -0.2) is 4.98 Å². The van der Waals surface area contributed by atoms with E-state index in [0.717, 1.165) is 48.6 Å². The molecule has 9 heteroatoms. The van der Waals surface area contributed by atoms with Crippen molar-refractivity contribution in [3.05, 3.63) is 74.5 Å². The molecule has 1 aliphatic carbocycles. The van der Waals surface area contributed by atoms with Gasteiger partial charge in [0.1, 0.15) is 5.00 Å². The molecule has 4 rings (SSSR count). The molecular weight excluding hydrogens is 432 g/mol. The largest absolute Gasteiger partial charge is 0.348 e. The lowest BCUT2D eigenvalue weighted by Gasteiger charge is -2.13. The lowest BCUT2D eigenvalue weighted by molar-refractivity contribution is -0.113. The van der Waals surface area contributed by atoms with Gasteiger partial charge in [-0.3, -0.25) is 14.4 Å². The van der Waals surface area contributed by atoms with Crippen LogP contribution < -0.4 is 16.2 Å². The van der Waals surface area contributed by atoms with Crippen molar-refractivity contribution in [3.63, 3.8) is 0 Å². The zero-order valence-corrected chi connectivity index (χ0v) is 18.4. The Balaban J connectivity index is 1.47. The highest BCUT2D eigenvalue weighted by Gasteiger charge is 2.26. The number of thiophene rings is 1. The number of anilines is 1. The molecule has 1 aromatic carbocycles. The minimum Gasteiger partial charge on any atom is -0.348 e. The van der Waals surface area contributed by atoms with Crippen LogP contribution in [0.2, 0.25) is 0 Å². The maximum Gasteiger partial charge on any atom is 0.254 e. The number of amides is 2. The Hall–Kier alpha value is -2.91. The number of benzene rings is 1. The molecule has 3 N–H and O–H groups in total. The van der Waals surface area contributed by atoms with E-state index >= 15 is 0 Å². The van der Waals surface area contributed by atoms with Gasteiger partial charge < -0.3 is 15.6 Å². The highest BCUT2D eigenvalue weighted by atomic mass is 32.2. The van der Waals surface area contributed by atoms with Crippen LogP contribution in [0.1, 0.15) is 39.2 Å². The second-order valence-electron chi connectivity index (χ2n) is 7.16. The van der Waals surface area contributed by atoms with Crippen LogP contribution in [-0.2, 0) is 24.2 Å². The maximum atomic E-state index is 13.1. The first-order valence-corrected chi connectivity index (χ1v) is 11.8. The Kier molecular flexibility index (Phi) is 6.83. The number of nitrogens with zero attached hydrogens (tertiary/aromatic N) is 1. The number of rotatable bonds is 7. The molecule has 0 bridgehead atoms. The van der Waals surface area contributed by atoms with Crippen molar-refractivity contribution in [2.45, 2.75) is 37.4 Å². The Bertz CT molecular complexity index is 1140. The summed E-state index contributed by atoms with van der Waals surface area (Å²) in [7, 11) is 0. The van der Waals surface area contributed by atoms with Gasteiger partial charge in [0, 0.05) is 23.7 Å². The number of nitrogens with one attached hydrogen (secondary N) is 3. The second-order valence-corrected chi connectivity index (χ2v) is 9.23. The summed E-state index contributed by atoms with van der Waals surface area (Å²) in [5.41, 5.74) is 2.39. The summed E-state index contributed by atoms with van der Waals surface area (Å²) >= 11 is 2.63. The topological polar surface area (TPSA) is 104 Å². The van der Waals surface area contributed by atoms with E-state index in [9.17, 15) is 14.4 Å². The molecule has 0 spiro atoms. The molecule has 1 aliphatic rings. The molecule has 0 fully saturated rings. The summed E-state index contributed by atoms with van der Waals surface area (Å²) in [5, 5.41) is 6.88. The Morgan fingerprint density at radius 2 is 1.94 bits per heavy atom. The molecular formula is C22H22N4O3S2. The standard InChI is InChI=1S/C22H22N4O3S2/c27-17-10-11-23-22(26-17)30-13-18(28)25-21-19(15-8-4-5-9-16(15)31-21)20(29)24-12-14-6-2-1-3-7-14/h1-3,6-7,10-11H,4-5,8-9,12-13H2,(H,24,29)(H,25,28)(H,23,26,27). The number of carbonyl (C=O) groups excluding carboxylic acids is 2. The third-order valence-corrected chi connectivity index (χ3v) is 7.03. The molecule has 0 aliphatic heterocycles. The summed E-state index contributed by atoms with van der Waals surface area (Å²) in [6, 6.07) is 11.1. The van der Waals surface area contributed by atoms with Crippen molar-refractivity contribution in [1.29, 1.82) is 0 Å². The number of hydrogen-bond acceptors (Lipinski definition) is 6. The van der Waals surface area contributed by atoms with Crippen LogP contribution in [-0.4, -0.2) is 27.5 Å². The third kappa shape index (κ3) is 5.42. The molecule has 0 atom stereocenters. The van der Waals surface area contributed by atoms with Crippen LogP contribution in [0.3, 0.4) is 0 Å². The second kappa shape index (κ2) is 9.93. The molecule has 2 amide bonds. The van der Waals surface area contributed by atoms with E-state index in [4.69, 9.17) is 0 Å². The molecule has 160 valence electrons. The predicted octanol–water partition coefficient (Wildman–Crippen LogP) is 3.37. The molecule has 0 saturated carbocycles. The van der Waals surface area contributed by atoms with Gasteiger partial charge in [0.25, 0.3) is 11.5 Å². The van der Waals surface area contributed by atoms with E-state index in [0.29, 0.717) is 22.3 Å². The fraction of sp³-hybridized carbons (Fsp3) is 0.273. The first kappa shape index (κ1) is 21.3. The van der Waals surface area contributed by atoms with Gasteiger partial charge in [-0.05, 0) is 36.8 Å². The molecule has 31 heavy (non-hydrogen) atoms. The predicted molar refractivity (Wildman–Crippen MR) is 123 cm³/mol. The van der Waals surface area contributed by atoms with Crippen LogP contribution in [0.4, 0.5) is 5.00 Å². The number of carbonyl (C=O) groups is 2. The number of hydrogen-bond donors (Lipinski definition) is 3. The molecule has 0 unspecified atom stereocenters. The number of thioether (sulfide) groups is 1. The van der Waals surface area contributed by atoms with Gasteiger partial charge in [-0.1, -0.05) is 42.1 Å². The van der Waals surface area contributed by atoms with Gasteiger partial charge in [-0.2, -0.15) is 0 Å². The highest BCUT2D eigenvalue weighted by molar-refractivity contribution is 7.99.